The second kappa shape index (κ2) is 3.77. The molecule has 1 N–H and O–H groups in total. The first-order valence-electron chi connectivity index (χ1n) is 0.617. The summed E-state index contributed by atoms with van der Waals surface area (Å²) >= 11 is -3.13. The van der Waals surface area contributed by atoms with Crippen LogP contribution in [0.5, 0.6) is 0 Å². The van der Waals surface area contributed by atoms with Gasteiger partial charge in [-0.05, 0) is 0 Å². The Labute approximate surface area is 54.7 Å². The Bertz CT molecular complexity index is 23.0. The van der Waals surface area contributed by atoms with Gasteiger partial charge in [0.1, 0.15) is 0 Å². The number of halogens is 4. The van der Waals surface area contributed by atoms with Crippen LogP contribution in [0.3, 0.4) is 0 Å². The molecule has 0 saturated heterocycles. The van der Waals surface area contributed by atoms with Crippen molar-refractivity contribution in [1.82, 2.24) is 0 Å². The van der Waals surface area contributed by atoms with E-state index in [4.69, 9.17) is 37.7 Å². The van der Waals surface area contributed by atoms with Crippen LogP contribution in [0.4, 0.5) is 0 Å². The van der Waals surface area contributed by atoms with Gasteiger partial charge < -0.3 is 5.48 Å². The van der Waals surface area contributed by atoms with E-state index in [1.807, 2.05) is 0 Å². The zero-order valence-electron chi connectivity index (χ0n) is 2.37. The van der Waals surface area contributed by atoms with Crippen molar-refractivity contribution in [3.8, 4) is 0 Å². The summed E-state index contributed by atoms with van der Waals surface area (Å²) in [7, 11) is 20.1. The van der Waals surface area contributed by atoms with Crippen molar-refractivity contribution in [2.45, 2.75) is 0 Å². The number of hydrogen-bond donors (Lipinski definition) is 0. The molecule has 0 atom stereocenters. The van der Waals surface area contributed by atoms with E-state index in [9.17, 15) is 0 Å². The smallest absolute Gasteiger partial charge is 0.870 e. The van der Waals surface area contributed by atoms with Crippen molar-refractivity contribution in [1.29, 1.82) is 0 Å². The molecule has 0 saturated carbocycles. The Morgan fingerprint density at radius 1 is 0.833 bits per heavy atom. The first-order chi connectivity index (χ1) is 2.00. The van der Waals surface area contributed by atoms with Crippen LogP contribution in [0.2, 0.25) is 0 Å². The first-order valence-corrected chi connectivity index (χ1v) is 11.0. The topological polar surface area (TPSA) is 30.0 Å². The molecule has 0 aliphatic rings. The van der Waals surface area contributed by atoms with Crippen LogP contribution in [0.1, 0.15) is 0 Å². The van der Waals surface area contributed by atoms with Gasteiger partial charge in [-0.3, -0.25) is 0 Å². The van der Waals surface area contributed by atoms with Gasteiger partial charge >= 0.3 is 49.6 Å². The van der Waals surface area contributed by atoms with Crippen LogP contribution >= 0.6 is 37.7 Å². The van der Waals surface area contributed by atoms with Crippen molar-refractivity contribution in [2.75, 3.05) is 0 Å². The minimum Gasteiger partial charge on any atom is -0.870 e. The molecule has 41 valence electrons. The van der Waals surface area contributed by atoms with E-state index in [1.165, 1.54) is 0 Å². The van der Waals surface area contributed by atoms with Crippen LogP contribution in [-0.2, 0) is 11.9 Å². The average molecular weight is 255 g/mol. The third-order valence-electron chi connectivity index (χ3n) is 0. The second-order valence-electron chi connectivity index (χ2n) is 0.350. The van der Waals surface area contributed by atoms with E-state index in [0.29, 0.717) is 0 Å². The van der Waals surface area contributed by atoms with Gasteiger partial charge in [0.2, 0.25) is 0 Å². The number of rotatable bonds is 0. The van der Waals surface area contributed by atoms with E-state index in [-0.39, 0.29) is 5.48 Å². The molecule has 6 heteroatoms. The third kappa shape index (κ3) is 41.1. The molecule has 0 aliphatic heterocycles. The van der Waals surface area contributed by atoms with Crippen molar-refractivity contribution >= 4 is 37.7 Å². The van der Waals surface area contributed by atoms with Crippen molar-refractivity contribution in [3.05, 3.63) is 0 Å². The molecule has 0 heterocycles. The maximum absolute atomic E-state index is 5.02. The Morgan fingerprint density at radius 2 is 0.833 bits per heavy atom. The van der Waals surface area contributed by atoms with Crippen molar-refractivity contribution in [3.63, 3.8) is 0 Å². The molecule has 0 aromatic rings. The van der Waals surface area contributed by atoms with E-state index in [1.54, 1.807) is 0 Å². The van der Waals surface area contributed by atoms with Gasteiger partial charge in [-0.15, -0.1) is 0 Å². The molecule has 0 aromatic heterocycles. The van der Waals surface area contributed by atoms with Gasteiger partial charge in [0.05, 0.1) is 0 Å². The Balaban J connectivity index is 0. The van der Waals surface area contributed by atoms with Crippen LogP contribution in [0.15, 0.2) is 0 Å². The molecule has 0 aromatic carbocycles. The summed E-state index contributed by atoms with van der Waals surface area (Å²) in [5, 5.41) is 0. The average Bonchev–Trinajstić information content (AvgIpc) is 0.722. The molecular weight excluding hydrogens is 254 g/mol. The van der Waals surface area contributed by atoms with Crippen LogP contribution < -0.4 is 0 Å². The van der Waals surface area contributed by atoms with E-state index < -0.39 is 11.9 Å². The zero-order chi connectivity index (χ0) is 4.50. The summed E-state index contributed by atoms with van der Waals surface area (Å²) in [5.74, 6) is 0. The predicted octanol–water partition coefficient (Wildman–Crippen LogP) is 2.58. The summed E-state index contributed by atoms with van der Waals surface area (Å²) in [6, 6.07) is 0. The molecule has 0 bridgehead atoms. The van der Waals surface area contributed by atoms with Crippen molar-refractivity contribution in [2.24, 2.45) is 0 Å². The fraction of sp³-hybridized carbons (Fsp3) is 0. The first kappa shape index (κ1) is 10.7. The van der Waals surface area contributed by atoms with Gasteiger partial charge in [0, 0.05) is 0 Å². The minimum absolute atomic E-state index is 0. The van der Waals surface area contributed by atoms with E-state index >= 15 is 0 Å². The van der Waals surface area contributed by atoms with Gasteiger partial charge in [0.25, 0.3) is 0 Å². The van der Waals surface area contributed by atoms with E-state index in [0.717, 1.165) is 0 Å². The SMILES string of the molecule is [Cl][Mo+]([Cl])([Cl])[Cl].[OH-]. The van der Waals surface area contributed by atoms with Gasteiger partial charge in [0.15, 0.2) is 0 Å². The molecule has 0 spiro atoms. The summed E-state index contributed by atoms with van der Waals surface area (Å²) < 4.78 is 0. The number of hydrogen-bond acceptors (Lipinski definition) is 1. The molecule has 0 fully saturated rings. The van der Waals surface area contributed by atoms with E-state index in [2.05, 4.69) is 0 Å². The zero-order valence-corrected chi connectivity index (χ0v) is 7.40. The van der Waals surface area contributed by atoms with Crippen LogP contribution in [0.25, 0.3) is 0 Å². The summed E-state index contributed by atoms with van der Waals surface area (Å²) in [6.07, 6.45) is 0. The largest absolute Gasteiger partial charge is 0.870 e. The quantitative estimate of drug-likeness (QED) is 0.611. The molecule has 0 aliphatic carbocycles. The third-order valence-corrected chi connectivity index (χ3v) is 0. The molecular formula is HCl4MoO. The second-order valence-corrected chi connectivity index (χ2v) is 18.6. The van der Waals surface area contributed by atoms with Gasteiger partial charge in [-0.2, -0.15) is 0 Å². The molecule has 1 nitrogen and oxygen atoms in total. The summed E-state index contributed by atoms with van der Waals surface area (Å²) in [6.45, 7) is 0. The molecule has 0 unspecified atom stereocenters. The fourth-order valence-corrected chi connectivity index (χ4v) is 0. The maximum atomic E-state index is 5.02. The molecule has 0 amide bonds. The predicted molar refractivity (Wildman–Crippen MR) is 25.3 cm³/mol. The normalized spacial score (nSPS) is 10.0. The molecule has 0 radical (unpaired) electrons. The van der Waals surface area contributed by atoms with Crippen molar-refractivity contribution < 1.29 is 17.4 Å². The Morgan fingerprint density at radius 3 is 0.833 bits per heavy atom. The van der Waals surface area contributed by atoms with Gasteiger partial charge in [-0.1, -0.05) is 0 Å². The summed E-state index contributed by atoms with van der Waals surface area (Å²) in [4.78, 5) is 0. The van der Waals surface area contributed by atoms with Crippen LogP contribution in [0, 0.1) is 0 Å². The summed E-state index contributed by atoms with van der Waals surface area (Å²) in [5.41, 5.74) is 0. The maximum Gasteiger partial charge on any atom is -0.870 e. The van der Waals surface area contributed by atoms with Crippen LogP contribution in [-0.4, -0.2) is 5.48 Å². The minimum atomic E-state index is -3.13. The Kier molecular flexibility index (Phi) is 6.74. The monoisotopic (exact) mass is 255 g/mol. The Hall–Kier alpha value is 1.81. The van der Waals surface area contributed by atoms with Gasteiger partial charge in [-0.25, -0.2) is 0 Å². The molecule has 6 heavy (non-hydrogen) atoms. The molecule has 0 rings (SSSR count). The standard InChI is InChI=1S/4ClH.Mo.H2O/h4*1H;;1H2/q;;;;+5;/p-5. The fourth-order valence-electron chi connectivity index (χ4n) is 0.